The fourth-order valence-electron chi connectivity index (χ4n) is 7.13. The van der Waals surface area contributed by atoms with Gasteiger partial charge in [-0.25, -0.2) is 14.4 Å². The third-order valence-corrected chi connectivity index (χ3v) is 12.3. The number of rotatable bonds is 10. The Hall–Kier alpha value is -4.44. The topological polar surface area (TPSA) is 164 Å². The summed E-state index contributed by atoms with van der Waals surface area (Å²) in [5.41, 5.74) is 4.19. The summed E-state index contributed by atoms with van der Waals surface area (Å²) in [4.78, 5) is 80.9. The van der Waals surface area contributed by atoms with E-state index < -0.39 is 18.2 Å². The maximum Gasteiger partial charge on any atom is 0.406 e. The van der Waals surface area contributed by atoms with E-state index in [9.17, 15) is 28.8 Å². The summed E-state index contributed by atoms with van der Waals surface area (Å²) in [7, 11) is 3.91. The molecule has 2 aromatic rings. The summed E-state index contributed by atoms with van der Waals surface area (Å²) in [5.74, 6) is -0.502. The first kappa shape index (κ1) is 44.3. The summed E-state index contributed by atoms with van der Waals surface area (Å²) < 4.78 is 13.9. The standard InChI is InChI=1S/C24H35N3O4S.C16H20N2O5S/c1-15(2)27(18-9-7-6-8-10-18)23(29)19-14-20-21(13-16(19)3)32-17(4)22(28)26(20)12-11-25-24(30)31-5;1-9-7-13-12(8-11(9)15(20)22-3)18(14(19)10(2)24-13)6-5-17-16(21)23-4/h13-15,17-18H,6-12H2,1-5H3,(H,25,30);7-8,10H,5-6H2,1-4H3,(H,17,21). The molecule has 1 fully saturated rings. The van der Waals surface area contributed by atoms with Crippen LogP contribution >= 0.6 is 23.5 Å². The van der Waals surface area contributed by atoms with Gasteiger partial charge >= 0.3 is 18.2 Å². The molecule has 2 unspecified atom stereocenters. The predicted molar refractivity (Wildman–Crippen MR) is 218 cm³/mol. The molecule has 2 N–H and O–H groups in total. The number of benzene rings is 2. The van der Waals surface area contributed by atoms with Crippen molar-refractivity contribution < 1.29 is 43.0 Å². The lowest BCUT2D eigenvalue weighted by Crippen LogP contribution is -2.46. The number of fused-ring (bicyclic) bond motifs is 2. The summed E-state index contributed by atoms with van der Waals surface area (Å²) in [6.07, 6.45) is 4.57. The average Bonchev–Trinajstić information content (AvgIpc) is 3.17. The number of hydrogen-bond acceptors (Lipinski definition) is 11. The molecule has 0 saturated heterocycles. The van der Waals surface area contributed by atoms with E-state index in [0.717, 1.165) is 52.3 Å². The number of nitrogens with one attached hydrogen (secondary N) is 2. The Bertz CT molecular complexity index is 1800. The van der Waals surface area contributed by atoms with Crippen molar-refractivity contribution in [2.24, 2.45) is 0 Å². The lowest BCUT2D eigenvalue weighted by atomic mass is 9.92. The highest BCUT2D eigenvalue weighted by Gasteiger charge is 2.35. The molecule has 14 nitrogen and oxygen atoms in total. The highest BCUT2D eigenvalue weighted by Crippen LogP contribution is 2.42. The summed E-state index contributed by atoms with van der Waals surface area (Å²) in [6.45, 7) is 12.8. The molecule has 0 bridgehead atoms. The Morgan fingerprint density at radius 2 is 1.18 bits per heavy atom. The van der Waals surface area contributed by atoms with Crippen LogP contribution in [0.2, 0.25) is 0 Å². The van der Waals surface area contributed by atoms with E-state index in [4.69, 9.17) is 4.74 Å². The van der Waals surface area contributed by atoms with Crippen LogP contribution in [0.3, 0.4) is 0 Å². The quantitative estimate of drug-likeness (QED) is 0.204. The number of hydrogen-bond donors (Lipinski definition) is 2. The van der Waals surface area contributed by atoms with Gasteiger partial charge in [0.05, 0.1) is 48.8 Å². The van der Waals surface area contributed by atoms with Crippen molar-refractivity contribution >= 4 is 70.8 Å². The molecule has 2 atom stereocenters. The molecule has 5 rings (SSSR count). The van der Waals surface area contributed by atoms with Crippen LogP contribution in [0.15, 0.2) is 34.1 Å². The van der Waals surface area contributed by atoms with Gasteiger partial charge in [0.15, 0.2) is 0 Å². The minimum atomic E-state index is -0.554. The lowest BCUT2D eigenvalue weighted by molar-refractivity contribution is -0.118. The fraction of sp³-hybridized carbons (Fsp3) is 0.550. The number of alkyl carbamates (subject to hydrolysis) is 2. The molecule has 0 spiro atoms. The Morgan fingerprint density at radius 3 is 1.61 bits per heavy atom. The van der Waals surface area contributed by atoms with Gasteiger partial charge in [0, 0.05) is 53.6 Å². The smallest absolute Gasteiger partial charge is 0.406 e. The predicted octanol–water partition coefficient (Wildman–Crippen LogP) is 6.33. The number of anilines is 2. The first-order chi connectivity index (χ1) is 26.6. The molecule has 3 aliphatic rings. The second kappa shape index (κ2) is 20.1. The summed E-state index contributed by atoms with van der Waals surface area (Å²) >= 11 is 2.97. The van der Waals surface area contributed by atoms with Gasteiger partial charge in [-0.2, -0.15) is 0 Å². The van der Waals surface area contributed by atoms with E-state index in [2.05, 4.69) is 34.0 Å². The van der Waals surface area contributed by atoms with Gasteiger partial charge in [-0.1, -0.05) is 19.3 Å². The normalized spacial score (nSPS) is 17.9. The second-order valence-corrected chi connectivity index (χ2v) is 17.0. The number of amides is 5. The minimum absolute atomic E-state index is 0.0237. The Kier molecular flexibility index (Phi) is 15.9. The fourth-order valence-corrected chi connectivity index (χ4v) is 9.42. The number of nitrogens with zero attached hydrogens (tertiary/aromatic N) is 3. The molecule has 306 valence electrons. The lowest BCUT2D eigenvalue weighted by Gasteiger charge is -2.38. The highest BCUT2D eigenvalue weighted by atomic mass is 32.2. The van der Waals surface area contributed by atoms with Crippen molar-refractivity contribution in [1.82, 2.24) is 15.5 Å². The van der Waals surface area contributed by atoms with E-state index in [-0.39, 0.29) is 59.9 Å². The first-order valence-corrected chi connectivity index (χ1v) is 20.7. The number of carbonyl (C=O) groups excluding carboxylic acids is 6. The third kappa shape index (κ3) is 10.5. The Morgan fingerprint density at radius 1 is 0.732 bits per heavy atom. The molecule has 56 heavy (non-hydrogen) atoms. The van der Waals surface area contributed by atoms with Crippen LogP contribution in [0.4, 0.5) is 21.0 Å². The molecule has 1 saturated carbocycles. The van der Waals surface area contributed by atoms with Crippen LogP contribution in [0.5, 0.6) is 0 Å². The van der Waals surface area contributed by atoms with Crippen molar-refractivity contribution in [3.8, 4) is 0 Å². The number of ether oxygens (including phenoxy) is 3. The van der Waals surface area contributed by atoms with Crippen molar-refractivity contribution in [3.05, 3.63) is 46.5 Å². The maximum atomic E-state index is 13.7. The second-order valence-electron chi connectivity index (χ2n) is 14.2. The molecule has 2 heterocycles. The maximum absolute atomic E-state index is 13.7. The average molecular weight is 814 g/mol. The van der Waals surface area contributed by atoms with Gasteiger partial charge in [-0.15, -0.1) is 23.5 Å². The zero-order valence-electron chi connectivity index (χ0n) is 33.8. The molecule has 2 aromatic carbocycles. The SMILES string of the molecule is COC(=O)NCCN1C(=O)C(C)Sc2cc(C)c(C(=O)N(C(C)C)C3CCCCC3)cc21.COC(=O)NCCN1C(=O)C(C)Sc2cc(C)c(C(=O)OC)cc21. The van der Waals surface area contributed by atoms with E-state index in [1.807, 2.05) is 50.8 Å². The van der Waals surface area contributed by atoms with Crippen LogP contribution in [0.1, 0.15) is 91.6 Å². The summed E-state index contributed by atoms with van der Waals surface area (Å²) in [5, 5.41) is 4.72. The van der Waals surface area contributed by atoms with Crippen LogP contribution in [0, 0.1) is 13.8 Å². The molecular formula is C40H55N5O9S2. The van der Waals surface area contributed by atoms with Gasteiger partial charge in [0.2, 0.25) is 11.8 Å². The molecule has 5 amide bonds. The van der Waals surface area contributed by atoms with Crippen molar-refractivity contribution in [3.63, 3.8) is 0 Å². The largest absolute Gasteiger partial charge is 0.465 e. The minimum Gasteiger partial charge on any atom is -0.465 e. The number of carbonyl (C=O) groups is 6. The Labute approximate surface area is 338 Å². The highest BCUT2D eigenvalue weighted by molar-refractivity contribution is 8.01. The zero-order valence-corrected chi connectivity index (χ0v) is 35.4. The van der Waals surface area contributed by atoms with Gasteiger partial charge in [-0.05, 0) is 89.8 Å². The molecule has 0 aromatic heterocycles. The van der Waals surface area contributed by atoms with Gasteiger partial charge in [-0.3, -0.25) is 14.4 Å². The van der Waals surface area contributed by atoms with Crippen molar-refractivity contribution in [2.45, 2.75) is 106 Å². The van der Waals surface area contributed by atoms with Gasteiger partial charge in [0.25, 0.3) is 5.91 Å². The van der Waals surface area contributed by atoms with Crippen LogP contribution in [-0.4, -0.2) is 111 Å². The monoisotopic (exact) mass is 813 g/mol. The van der Waals surface area contributed by atoms with Crippen molar-refractivity contribution in [1.29, 1.82) is 0 Å². The Balaban J connectivity index is 0.000000259. The van der Waals surface area contributed by atoms with Crippen molar-refractivity contribution in [2.75, 3.05) is 57.3 Å². The number of esters is 1. The van der Waals surface area contributed by atoms with Crippen LogP contribution < -0.4 is 20.4 Å². The summed E-state index contributed by atoms with van der Waals surface area (Å²) in [6, 6.07) is 7.83. The van der Waals surface area contributed by atoms with Gasteiger partial charge in [0.1, 0.15) is 0 Å². The van der Waals surface area contributed by atoms with E-state index >= 15 is 0 Å². The van der Waals surface area contributed by atoms with Crippen LogP contribution in [-0.2, 0) is 23.8 Å². The molecule has 16 heteroatoms. The van der Waals surface area contributed by atoms with E-state index in [1.54, 1.807) is 15.9 Å². The first-order valence-electron chi connectivity index (χ1n) is 18.9. The molecule has 1 aliphatic carbocycles. The molecule has 2 aliphatic heterocycles. The van der Waals surface area contributed by atoms with Gasteiger partial charge < -0.3 is 39.5 Å². The number of thioether (sulfide) groups is 2. The van der Waals surface area contributed by atoms with E-state index in [0.29, 0.717) is 23.4 Å². The molecular weight excluding hydrogens is 759 g/mol. The zero-order chi connectivity index (χ0) is 41.3. The van der Waals surface area contributed by atoms with E-state index in [1.165, 1.54) is 51.3 Å². The number of aryl methyl sites for hydroxylation is 2. The molecule has 0 radical (unpaired) electrons. The third-order valence-electron chi connectivity index (χ3n) is 10.0. The van der Waals surface area contributed by atoms with Crippen LogP contribution in [0.25, 0.3) is 0 Å². The number of methoxy groups -OCH3 is 3.